The number of carbonyl (C=O) groups excluding carboxylic acids is 1. The number of ether oxygens (including phenoxy) is 1. The average molecular weight is 411 g/mol. The van der Waals surface area contributed by atoms with Crippen LogP contribution in [0.1, 0.15) is 26.5 Å². The molecular weight excluding hydrogens is 384 g/mol. The predicted octanol–water partition coefficient (Wildman–Crippen LogP) is 2.70. The van der Waals surface area contributed by atoms with Gasteiger partial charge in [0, 0.05) is 31.2 Å². The Labute approximate surface area is 165 Å². The predicted molar refractivity (Wildman–Crippen MR) is 110 cm³/mol. The van der Waals surface area contributed by atoms with E-state index in [0.717, 1.165) is 22.5 Å². The van der Waals surface area contributed by atoms with Crippen LogP contribution >= 0.6 is 11.3 Å². The van der Waals surface area contributed by atoms with E-state index in [1.54, 1.807) is 6.07 Å². The average Bonchev–Trinajstić information content (AvgIpc) is 3.12. The van der Waals surface area contributed by atoms with E-state index in [2.05, 4.69) is 9.46 Å². The van der Waals surface area contributed by atoms with Crippen LogP contribution in [-0.4, -0.2) is 47.9 Å². The summed E-state index contributed by atoms with van der Waals surface area (Å²) in [5.41, 5.74) is 2.09. The second-order valence-electron chi connectivity index (χ2n) is 6.39. The van der Waals surface area contributed by atoms with Gasteiger partial charge in [0.2, 0.25) is 10.0 Å². The van der Waals surface area contributed by atoms with Gasteiger partial charge in [0.25, 0.3) is 0 Å². The molecule has 0 bridgehead atoms. The number of hydrogen-bond donors (Lipinski definition) is 1. The highest BCUT2D eigenvalue weighted by atomic mass is 32.2. The molecule has 148 valence electrons. The Kier molecular flexibility index (Phi) is 7.82. The van der Waals surface area contributed by atoms with Crippen LogP contribution in [0.25, 0.3) is 0 Å². The summed E-state index contributed by atoms with van der Waals surface area (Å²) in [5, 5.41) is 0. The lowest BCUT2D eigenvalue weighted by molar-refractivity contribution is 0.0606. The first-order valence-electron chi connectivity index (χ1n) is 8.71. The summed E-state index contributed by atoms with van der Waals surface area (Å²) in [4.78, 5) is 15.0. The molecule has 1 N–H and O–H groups in total. The second kappa shape index (κ2) is 9.87. The monoisotopic (exact) mass is 410 g/mol. The molecule has 2 rings (SSSR count). The lowest BCUT2D eigenvalue weighted by Gasteiger charge is -2.12. The second-order valence-corrected chi connectivity index (χ2v) is 9.48. The fourth-order valence-corrected chi connectivity index (χ4v) is 4.57. The Hall–Kier alpha value is -1.90. The maximum atomic E-state index is 12.1. The maximum Gasteiger partial charge on any atom is 0.348 e. The number of anilines is 1. The van der Waals surface area contributed by atoms with Crippen molar-refractivity contribution in [1.29, 1.82) is 0 Å². The Morgan fingerprint density at radius 3 is 2.44 bits per heavy atom. The molecule has 0 aliphatic rings. The molecule has 6 nitrogen and oxygen atoms in total. The van der Waals surface area contributed by atoms with Gasteiger partial charge in [-0.3, -0.25) is 0 Å². The highest BCUT2D eigenvalue weighted by molar-refractivity contribution is 7.89. The van der Waals surface area contributed by atoms with E-state index in [-0.39, 0.29) is 11.7 Å². The van der Waals surface area contributed by atoms with Gasteiger partial charge < -0.3 is 9.64 Å². The molecule has 0 aliphatic heterocycles. The molecule has 1 aromatic heterocycles. The molecule has 0 spiro atoms. The van der Waals surface area contributed by atoms with E-state index in [1.165, 1.54) is 18.4 Å². The van der Waals surface area contributed by atoms with Crippen molar-refractivity contribution in [2.75, 3.05) is 38.4 Å². The molecule has 0 saturated heterocycles. The van der Waals surface area contributed by atoms with E-state index < -0.39 is 10.0 Å². The summed E-state index contributed by atoms with van der Waals surface area (Å²) in [6.07, 6.45) is 1.88. The van der Waals surface area contributed by atoms with Crippen molar-refractivity contribution >= 4 is 33.0 Å². The number of carbonyl (C=O) groups is 1. The van der Waals surface area contributed by atoms with Gasteiger partial charge in [0.05, 0.1) is 12.9 Å². The largest absolute Gasteiger partial charge is 0.465 e. The van der Waals surface area contributed by atoms with Crippen molar-refractivity contribution in [2.45, 2.75) is 19.3 Å². The topological polar surface area (TPSA) is 75.7 Å². The first-order chi connectivity index (χ1) is 12.8. The summed E-state index contributed by atoms with van der Waals surface area (Å²) >= 11 is 1.38. The van der Waals surface area contributed by atoms with Crippen molar-refractivity contribution in [3.63, 3.8) is 0 Å². The summed E-state index contributed by atoms with van der Waals surface area (Å²) in [7, 11) is 1.99. The molecule has 0 fully saturated rings. The molecule has 0 unspecified atom stereocenters. The smallest absolute Gasteiger partial charge is 0.348 e. The molecule has 0 radical (unpaired) electrons. The number of hydrogen-bond acceptors (Lipinski definition) is 6. The number of thiophene rings is 1. The van der Waals surface area contributed by atoms with Gasteiger partial charge in [-0.15, -0.1) is 11.3 Å². The first-order valence-corrected chi connectivity index (χ1v) is 11.2. The minimum Gasteiger partial charge on any atom is -0.465 e. The van der Waals surface area contributed by atoms with E-state index in [1.807, 2.05) is 49.3 Å². The van der Waals surface area contributed by atoms with E-state index in [4.69, 9.17) is 0 Å². The zero-order chi connectivity index (χ0) is 19.9. The standard InChI is InChI=1S/C19H26N2O4S2/c1-21(2)16-8-6-15(7-9-16)12-14-27(23,24)20-13-4-5-17-10-11-18(26-17)19(22)25-3/h6-11,20H,4-5,12-14H2,1-3H3. The van der Waals surface area contributed by atoms with Crippen LogP contribution in [0.4, 0.5) is 5.69 Å². The summed E-state index contributed by atoms with van der Waals surface area (Å²) in [6, 6.07) is 11.5. The SMILES string of the molecule is COC(=O)c1ccc(CCCNS(=O)(=O)CCc2ccc(N(C)C)cc2)s1. The van der Waals surface area contributed by atoms with Crippen molar-refractivity contribution in [3.8, 4) is 0 Å². The number of sulfonamides is 1. The van der Waals surface area contributed by atoms with Gasteiger partial charge >= 0.3 is 5.97 Å². The van der Waals surface area contributed by atoms with Gasteiger partial charge in [-0.1, -0.05) is 12.1 Å². The summed E-state index contributed by atoms with van der Waals surface area (Å²) < 4.78 is 31.6. The highest BCUT2D eigenvalue weighted by Crippen LogP contribution is 2.18. The lowest BCUT2D eigenvalue weighted by Crippen LogP contribution is -2.28. The fourth-order valence-electron chi connectivity index (χ4n) is 2.50. The molecule has 0 aliphatic carbocycles. The Bertz CT molecular complexity index is 843. The van der Waals surface area contributed by atoms with Crippen LogP contribution in [0.5, 0.6) is 0 Å². The van der Waals surface area contributed by atoms with Crippen molar-refractivity contribution in [2.24, 2.45) is 0 Å². The van der Waals surface area contributed by atoms with Crippen LogP contribution < -0.4 is 9.62 Å². The summed E-state index contributed by atoms with van der Waals surface area (Å²) in [6.45, 7) is 0.382. The molecule has 8 heteroatoms. The number of nitrogens with one attached hydrogen (secondary N) is 1. The summed E-state index contributed by atoms with van der Waals surface area (Å²) in [5.74, 6) is -0.273. The van der Waals surface area contributed by atoms with Gasteiger partial charge in [-0.25, -0.2) is 17.9 Å². The van der Waals surface area contributed by atoms with Crippen molar-refractivity contribution < 1.29 is 17.9 Å². The van der Waals surface area contributed by atoms with Crippen LogP contribution in [-0.2, 0) is 27.6 Å². The zero-order valence-corrected chi connectivity index (χ0v) is 17.5. The van der Waals surface area contributed by atoms with E-state index >= 15 is 0 Å². The first kappa shape index (κ1) is 21.4. The minimum absolute atomic E-state index is 0.0692. The third-order valence-electron chi connectivity index (χ3n) is 4.08. The van der Waals surface area contributed by atoms with Crippen molar-refractivity contribution in [1.82, 2.24) is 4.72 Å². The molecule has 0 atom stereocenters. The number of methoxy groups -OCH3 is 1. The third-order valence-corrected chi connectivity index (χ3v) is 6.59. The molecule has 27 heavy (non-hydrogen) atoms. The van der Waals surface area contributed by atoms with Crippen LogP contribution in [0.15, 0.2) is 36.4 Å². The minimum atomic E-state index is -3.30. The van der Waals surface area contributed by atoms with Crippen molar-refractivity contribution in [3.05, 3.63) is 51.7 Å². The molecule has 1 aromatic carbocycles. The van der Waals surface area contributed by atoms with Gasteiger partial charge in [0.1, 0.15) is 4.88 Å². The van der Waals surface area contributed by atoms with Crippen LogP contribution in [0.3, 0.4) is 0 Å². The quantitative estimate of drug-likeness (QED) is 0.481. The Morgan fingerprint density at radius 2 is 1.81 bits per heavy atom. The van der Waals surface area contributed by atoms with Gasteiger partial charge in [0.15, 0.2) is 0 Å². The van der Waals surface area contributed by atoms with E-state index in [0.29, 0.717) is 24.3 Å². The third kappa shape index (κ3) is 6.97. The number of aryl methyl sites for hydroxylation is 2. The fraction of sp³-hybridized carbons (Fsp3) is 0.421. The molecule has 1 heterocycles. The van der Waals surface area contributed by atoms with Crippen LogP contribution in [0.2, 0.25) is 0 Å². The van der Waals surface area contributed by atoms with Gasteiger partial charge in [-0.2, -0.15) is 0 Å². The number of rotatable bonds is 10. The highest BCUT2D eigenvalue weighted by Gasteiger charge is 2.11. The molecule has 0 amide bonds. The zero-order valence-electron chi connectivity index (χ0n) is 15.9. The Morgan fingerprint density at radius 1 is 1.11 bits per heavy atom. The van der Waals surface area contributed by atoms with Crippen LogP contribution in [0, 0.1) is 0 Å². The lowest BCUT2D eigenvalue weighted by atomic mass is 10.1. The molecule has 2 aromatic rings. The maximum absolute atomic E-state index is 12.1. The Balaban J connectivity index is 1.73. The number of nitrogens with zero attached hydrogens (tertiary/aromatic N) is 1. The number of esters is 1. The van der Waals surface area contributed by atoms with E-state index in [9.17, 15) is 13.2 Å². The molecule has 0 saturated carbocycles. The van der Waals surface area contributed by atoms with Gasteiger partial charge in [-0.05, 0) is 49.1 Å². The number of benzene rings is 1. The molecular formula is C19H26N2O4S2. The normalized spacial score (nSPS) is 11.4.